The monoisotopic (exact) mass is 268 g/mol. The Morgan fingerprint density at radius 3 is 2.44 bits per heavy atom. The lowest BCUT2D eigenvalue weighted by molar-refractivity contribution is -0.267. The van der Waals surface area contributed by atoms with Crippen molar-refractivity contribution in [3.05, 3.63) is 11.8 Å². The van der Waals surface area contributed by atoms with E-state index in [1.54, 1.807) is 0 Å². The number of aryl methyl sites for hydroxylation is 1. The van der Waals surface area contributed by atoms with Crippen molar-refractivity contribution in [2.24, 2.45) is 7.05 Å². The van der Waals surface area contributed by atoms with Gasteiger partial charge < -0.3 is 5.32 Å². The average molecular weight is 268 g/mol. The van der Waals surface area contributed by atoms with Gasteiger partial charge in [-0.3, -0.25) is 9.48 Å². The minimum atomic E-state index is -6.01. The van der Waals surface area contributed by atoms with E-state index in [1.165, 1.54) is 18.4 Å². The molecule has 5 nitrogen and oxygen atoms in total. The lowest BCUT2D eigenvalue weighted by Gasteiger charge is -2.18. The molecule has 0 aliphatic carbocycles. The quantitative estimate of drug-likeness (QED) is 0.825. The Kier molecular flexibility index (Phi) is 3.27. The van der Waals surface area contributed by atoms with Crippen molar-refractivity contribution in [1.82, 2.24) is 9.78 Å². The molecule has 0 saturated carbocycles. The molecule has 98 valence electrons. The fourth-order valence-electron chi connectivity index (χ4n) is 0.982. The van der Waals surface area contributed by atoms with Gasteiger partial charge >= 0.3 is 18.0 Å². The van der Waals surface area contributed by atoms with Gasteiger partial charge in [0.1, 0.15) is 17.5 Å². The summed E-state index contributed by atoms with van der Waals surface area (Å²) < 4.78 is 61.8. The highest BCUT2D eigenvalue weighted by atomic mass is 19.4. The third-order valence-corrected chi connectivity index (χ3v) is 1.93. The topological polar surface area (TPSA) is 70.7 Å². The molecule has 18 heavy (non-hydrogen) atoms. The maximum atomic E-state index is 12.6. The number of anilines is 1. The summed E-state index contributed by atoms with van der Waals surface area (Å²) in [6.45, 7) is 0. The number of alkyl halides is 5. The molecule has 0 unspecified atom stereocenters. The van der Waals surface area contributed by atoms with E-state index in [2.05, 4.69) is 5.10 Å². The van der Waals surface area contributed by atoms with E-state index in [0.29, 0.717) is 0 Å². The first-order valence-corrected chi connectivity index (χ1v) is 4.29. The maximum Gasteiger partial charge on any atom is 0.463 e. The number of hydrogen-bond acceptors (Lipinski definition) is 3. The van der Waals surface area contributed by atoms with Crippen molar-refractivity contribution in [1.29, 1.82) is 5.26 Å². The van der Waals surface area contributed by atoms with E-state index in [1.807, 2.05) is 0 Å². The zero-order valence-corrected chi connectivity index (χ0v) is 8.72. The van der Waals surface area contributed by atoms with Crippen LogP contribution < -0.4 is 5.32 Å². The van der Waals surface area contributed by atoms with Crippen molar-refractivity contribution in [3.8, 4) is 6.07 Å². The number of rotatable bonds is 2. The van der Waals surface area contributed by atoms with Crippen LogP contribution in [0.1, 0.15) is 5.56 Å². The summed E-state index contributed by atoms with van der Waals surface area (Å²) in [6.07, 6.45) is -5.09. The Morgan fingerprint density at radius 2 is 2.00 bits per heavy atom. The van der Waals surface area contributed by atoms with Crippen LogP contribution in [0.25, 0.3) is 0 Å². The van der Waals surface area contributed by atoms with E-state index >= 15 is 0 Å². The number of halogens is 5. The number of carbonyl (C=O) groups is 1. The van der Waals surface area contributed by atoms with Crippen LogP contribution in [0.5, 0.6) is 0 Å². The zero-order valence-electron chi connectivity index (χ0n) is 8.72. The Hall–Kier alpha value is -2.18. The molecule has 10 heteroatoms. The van der Waals surface area contributed by atoms with Crippen LogP contribution in [0.15, 0.2) is 6.20 Å². The molecule has 0 bridgehead atoms. The minimum absolute atomic E-state index is 0.330. The summed E-state index contributed by atoms with van der Waals surface area (Å²) in [5, 5.41) is 13.3. The van der Waals surface area contributed by atoms with Crippen LogP contribution in [-0.4, -0.2) is 27.8 Å². The van der Waals surface area contributed by atoms with E-state index in [0.717, 1.165) is 10.9 Å². The summed E-state index contributed by atoms with van der Waals surface area (Å²) >= 11 is 0. The van der Waals surface area contributed by atoms with Gasteiger partial charge in [0.25, 0.3) is 0 Å². The number of aromatic nitrogens is 2. The predicted octanol–water partition coefficient (Wildman–Crippen LogP) is 1.43. The van der Waals surface area contributed by atoms with Gasteiger partial charge in [0.15, 0.2) is 0 Å². The van der Waals surface area contributed by atoms with Gasteiger partial charge in [-0.15, -0.1) is 0 Å². The van der Waals surface area contributed by atoms with E-state index in [9.17, 15) is 26.7 Å². The van der Waals surface area contributed by atoms with Gasteiger partial charge in [0, 0.05) is 7.05 Å². The first kappa shape index (κ1) is 13.9. The second-order valence-corrected chi connectivity index (χ2v) is 3.17. The molecule has 1 amide bonds. The molecule has 1 heterocycles. The van der Waals surface area contributed by atoms with Gasteiger partial charge in [-0.05, 0) is 0 Å². The molecule has 1 N–H and O–H groups in total. The van der Waals surface area contributed by atoms with Crippen molar-refractivity contribution in [3.63, 3.8) is 0 Å². The fourth-order valence-corrected chi connectivity index (χ4v) is 0.982. The van der Waals surface area contributed by atoms with Crippen LogP contribution in [0.3, 0.4) is 0 Å². The summed E-state index contributed by atoms with van der Waals surface area (Å²) in [5.41, 5.74) is -0.330. The maximum absolute atomic E-state index is 12.6. The van der Waals surface area contributed by atoms with Gasteiger partial charge in [0.2, 0.25) is 0 Å². The molecule has 1 aromatic heterocycles. The minimum Gasteiger partial charge on any atom is -0.304 e. The largest absolute Gasteiger partial charge is 0.463 e. The molecule has 0 saturated heterocycles. The van der Waals surface area contributed by atoms with Crippen LogP contribution in [0.2, 0.25) is 0 Å². The smallest absolute Gasteiger partial charge is 0.304 e. The molecule has 0 radical (unpaired) electrons. The van der Waals surface area contributed by atoms with Crippen molar-refractivity contribution in [2.75, 3.05) is 5.32 Å². The number of nitriles is 1. The van der Waals surface area contributed by atoms with E-state index in [-0.39, 0.29) is 5.56 Å². The van der Waals surface area contributed by atoms with Crippen LogP contribution in [-0.2, 0) is 11.8 Å². The predicted molar refractivity (Wildman–Crippen MR) is 47.6 cm³/mol. The summed E-state index contributed by atoms with van der Waals surface area (Å²) in [6, 6.07) is 1.49. The van der Waals surface area contributed by atoms with Gasteiger partial charge in [-0.1, -0.05) is 0 Å². The Labute approximate surface area is 96.8 Å². The summed E-state index contributed by atoms with van der Waals surface area (Å²) in [5.74, 6) is -8.66. The molecular formula is C8H5F5N4O. The van der Waals surface area contributed by atoms with Gasteiger partial charge in [-0.25, -0.2) is 0 Å². The second kappa shape index (κ2) is 4.25. The second-order valence-electron chi connectivity index (χ2n) is 3.17. The normalized spacial score (nSPS) is 12.1. The van der Waals surface area contributed by atoms with Crippen LogP contribution >= 0.6 is 0 Å². The van der Waals surface area contributed by atoms with Gasteiger partial charge in [-0.2, -0.15) is 32.3 Å². The fraction of sp³-hybridized carbons (Fsp3) is 0.375. The SMILES string of the molecule is Cn1ncc(C#N)c1NC(=O)C(F)(F)C(F)(F)F. The highest BCUT2D eigenvalue weighted by Gasteiger charge is 2.63. The van der Waals surface area contributed by atoms with E-state index in [4.69, 9.17) is 5.26 Å². The molecule has 0 aromatic carbocycles. The lowest BCUT2D eigenvalue weighted by atomic mass is 10.3. The third kappa shape index (κ3) is 2.24. The third-order valence-electron chi connectivity index (χ3n) is 1.93. The summed E-state index contributed by atoms with van der Waals surface area (Å²) in [4.78, 5) is 10.9. The van der Waals surface area contributed by atoms with Crippen LogP contribution in [0.4, 0.5) is 27.8 Å². The number of nitrogens with one attached hydrogen (secondary N) is 1. The summed E-state index contributed by atoms with van der Waals surface area (Å²) in [7, 11) is 1.17. The average Bonchev–Trinajstić information content (AvgIpc) is 2.58. The molecule has 0 spiro atoms. The molecule has 0 fully saturated rings. The molecule has 1 rings (SSSR count). The molecule has 0 atom stereocenters. The molecule has 0 aliphatic heterocycles. The molecule has 1 aromatic rings. The van der Waals surface area contributed by atoms with Crippen LogP contribution in [0, 0.1) is 11.3 Å². The Bertz CT molecular complexity index is 513. The standard InChI is InChI=1S/C8H5F5N4O/c1-17-5(4(2-14)3-15-17)16-6(18)7(9,10)8(11,12)13/h3H,1H3,(H,16,18). The van der Waals surface area contributed by atoms with E-state index < -0.39 is 23.8 Å². The highest BCUT2D eigenvalue weighted by molar-refractivity contribution is 5.96. The Morgan fingerprint density at radius 1 is 1.44 bits per heavy atom. The Balaban J connectivity index is 3.03. The van der Waals surface area contributed by atoms with Crippen molar-refractivity contribution >= 4 is 11.7 Å². The zero-order chi connectivity index (χ0) is 14.1. The highest BCUT2D eigenvalue weighted by Crippen LogP contribution is 2.36. The first-order valence-electron chi connectivity index (χ1n) is 4.29. The number of carbonyl (C=O) groups excluding carboxylic acids is 1. The first-order chi connectivity index (χ1) is 8.11. The van der Waals surface area contributed by atoms with Gasteiger partial charge in [0.05, 0.1) is 6.20 Å². The van der Waals surface area contributed by atoms with Crippen molar-refractivity contribution < 1.29 is 26.7 Å². The number of amides is 1. The number of hydrogen-bond donors (Lipinski definition) is 1. The molecule has 0 aliphatic rings. The lowest BCUT2D eigenvalue weighted by Crippen LogP contribution is -2.47. The number of nitrogens with zero attached hydrogens (tertiary/aromatic N) is 3. The molecular weight excluding hydrogens is 263 g/mol. The van der Waals surface area contributed by atoms with Crippen molar-refractivity contribution in [2.45, 2.75) is 12.1 Å².